The quantitative estimate of drug-likeness (QED) is 0.149. The average Bonchev–Trinajstić information content (AvgIpc) is 3.29. The summed E-state index contributed by atoms with van der Waals surface area (Å²) in [7, 11) is 0. The Labute approximate surface area is 340 Å². The first-order valence-corrected chi connectivity index (χ1v) is 19.2. The van der Waals surface area contributed by atoms with Crippen LogP contribution in [0.15, 0.2) is 164 Å². The molecule has 0 bridgehead atoms. The molecule has 0 aliphatic rings. The average molecular weight is 770 g/mol. The molecule has 9 rings (SSSR count). The fraction of sp³-hybridized carbons (Fsp3) is 0.0816. The molecule has 284 valence electrons. The first kappa shape index (κ1) is 36.9. The Hall–Kier alpha value is -7.72. The molecule has 0 saturated carbocycles. The van der Waals surface area contributed by atoms with E-state index in [0.29, 0.717) is 58.0 Å². The van der Waals surface area contributed by atoms with Crippen LogP contribution in [-0.2, 0) is 5.41 Å². The monoisotopic (exact) mass is 769 g/mol. The van der Waals surface area contributed by atoms with Gasteiger partial charge in [0.25, 0.3) is 0 Å². The largest absolute Gasteiger partial charge is 0.212 e. The molecule has 0 amide bonds. The molecule has 10 heteroatoms. The van der Waals surface area contributed by atoms with E-state index in [1.807, 2.05) is 140 Å². The molecular weight excluding hydrogens is 734 g/mol. The van der Waals surface area contributed by atoms with E-state index in [0.717, 1.165) is 38.9 Å². The molecule has 0 N–H and O–H groups in total. The highest BCUT2D eigenvalue weighted by Gasteiger charge is 2.22. The number of benzene rings is 6. The Morgan fingerprint density at radius 2 is 0.542 bits per heavy atom. The fourth-order valence-electron chi connectivity index (χ4n) is 6.45. The van der Waals surface area contributed by atoms with Gasteiger partial charge in [-0.15, -0.1) is 0 Å². The fourth-order valence-corrected chi connectivity index (χ4v) is 6.45. The van der Waals surface area contributed by atoms with Crippen molar-refractivity contribution in [3.63, 3.8) is 0 Å². The number of hydrogen-bond donors (Lipinski definition) is 0. The van der Waals surface area contributed by atoms with Gasteiger partial charge in [-0.3, -0.25) is 0 Å². The lowest BCUT2D eigenvalue weighted by atomic mass is 9.95. The molecule has 0 radical (unpaired) electrons. The first-order valence-electron chi connectivity index (χ1n) is 19.2. The molecule has 0 aliphatic carbocycles. The van der Waals surface area contributed by atoms with Gasteiger partial charge in [0.1, 0.15) is 11.6 Å². The van der Waals surface area contributed by atoms with Crippen LogP contribution in [0, 0.1) is 5.82 Å². The van der Waals surface area contributed by atoms with Gasteiger partial charge in [-0.25, -0.2) is 49.2 Å². The number of halogens is 1. The van der Waals surface area contributed by atoms with Crippen LogP contribution in [0.4, 0.5) is 4.39 Å². The van der Waals surface area contributed by atoms with Crippen LogP contribution in [-0.4, -0.2) is 44.9 Å². The minimum Gasteiger partial charge on any atom is -0.212 e. The highest BCUT2D eigenvalue weighted by atomic mass is 19.1. The van der Waals surface area contributed by atoms with Gasteiger partial charge in [-0.2, -0.15) is 0 Å². The van der Waals surface area contributed by atoms with Gasteiger partial charge < -0.3 is 0 Å². The maximum absolute atomic E-state index is 13.9. The van der Waals surface area contributed by atoms with E-state index in [2.05, 4.69) is 20.8 Å². The molecule has 0 fully saturated rings. The summed E-state index contributed by atoms with van der Waals surface area (Å²) >= 11 is 0. The summed E-state index contributed by atoms with van der Waals surface area (Å²) in [6.45, 7) is 6.28. The molecule has 0 atom stereocenters. The molecule has 0 aliphatic heterocycles. The Bertz CT molecular complexity index is 2920. The summed E-state index contributed by atoms with van der Waals surface area (Å²) in [5, 5.41) is 0. The topological polar surface area (TPSA) is 116 Å². The van der Waals surface area contributed by atoms with E-state index < -0.39 is 0 Å². The normalized spacial score (nSPS) is 11.4. The van der Waals surface area contributed by atoms with Gasteiger partial charge in [0.05, 0.1) is 0 Å². The molecule has 0 unspecified atom stereocenters. The Morgan fingerprint density at radius 1 is 0.288 bits per heavy atom. The molecule has 0 saturated heterocycles. The highest BCUT2D eigenvalue weighted by molar-refractivity contribution is 5.74. The summed E-state index contributed by atoms with van der Waals surface area (Å²) < 4.78 is 13.9. The number of rotatable bonds is 8. The number of aromatic nitrogens is 9. The van der Waals surface area contributed by atoms with Gasteiger partial charge in [0.2, 0.25) is 0 Å². The maximum atomic E-state index is 13.9. The summed E-state index contributed by atoms with van der Waals surface area (Å²) in [5.74, 6) is 4.38. The number of nitrogens with zero attached hydrogens (tertiary/aromatic N) is 9. The molecule has 0 spiro atoms. The van der Waals surface area contributed by atoms with Crippen molar-refractivity contribution in [2.24, 2.45) is 0 Å². The van der Waals surface area contributed by atoms with Crippen molar-refractivity contribution in [1.82, 2.24) is 44.9 Å². The molecule has 3 aromatic heterocycles. The lowest BCUT2D eigenvalue weighted by Gasteiger charge is -2.18. The lowest BCUT2D eigenvalue weighted by molar-refractivity contribution is 0.543. The van der Waals surface area contributed by atoms with Crippen molar-refractivity contribution in [2.75, 3.05) is 0 Å². The summed E-state index contributed by atoms with van der Waals surface area (Å²) in [5.41, 5.74) is 5.99. The van der Waals surface area contributed by atoms with E-state index in [9.17, 15) is 4.39 Å². The SMILES string of the molecule is CC(C)(C)c1nc(-c2ccccc2)nc(-c2cccc(-c3nc(-c4ccccc4)nc(-c4cccc(-c5nc(-c6ccccc6)nc(-c6ccc(F)cc6)n5)c4)n3)c2)n1. The second-order valence-corrected chi connectivity index (χ2v) is 14.9. The summed E-state index contributed by atoms with van der Waals surface area (Å²) in [4.78, 5) is 44.3. The zero-order valence-corrected chi connectivity index (χ0v) is 32.5. The van der Waals surface area contributed by atoms with E-state index >= 15 is 0 Å². The van der Waals surface area contributed by atoms with E-state index in [1.54, 1.807) is 12.1 Å². The van der Waals surface area contributed by atoms with Crippen molar-refractivity contribution in [3.8, 4) is 91.1 Å². The van der Waals surface area contributed by atoms with Crippen molar-refractivity contribution < 1.29 is 4.39 Å². The van der Waals surface area contributed by atoms with E-state index in [4.69, 9.17) is 44.9 Å². The van der Waals surface area contributed by atoms with Crippen LogP contribution < -0.4 is 0 Å². The van der Waals surface area contributed by atoms with Gasteiger partial charge in [0, 0.05) is 49.9 Å². The molecule has 59 heavy (non-hydrogen) atoms. The van der Waals surface area contributed by atoms with Crippen LogP contribution >= 0.6 is 0 Å². The van der Waals surface area contributed by atoms with Crippen LogP contribution in [0.1, 0.15) is 26.6 Å². The van der Waals surface area contributed by atoms with Crippen LogP contribution in [0.2, 0.25) is 0 Å². The van der Waals surface area contributed by atoms with Crippen molar-refractivity contribution in [3.05, 3.63) is 175 Å². The zero-order valence-electron chi connectivity index (χ0n) is 32.5. The molecular formula is C49H36FN9. The molecule has 9 aromatic rings. The standard InChI is InChI=1S/C49H36FN9/c1-49(2,3)48-58-43(33-19-11-6-12-20-33)56-47(59-48)38-24-14-23-37(30-38)46-54-41(32-17-9-5-10-18-32)53-45(57-46)36-22-13-21-35(29-36)44-52-40(31-15-7-4-8-16-31)51-42(55-44)34-25-27-39(50)28-26-34/h4-30H,1-3H3. The predicted octanol–water partition coefficient (Wildman–Crippen LogP) is 11.0. The van der Waals surface area contributed by atoms with Crippen molar-refractivity contribution >= 4 is 0 Å². The van der Waals surface area contributed by atoms with Gasteiger partial charge >= 0.3 is 0 Å². The lowest BCUT2D eigenvalue weighted by Crippen LogP contribution is -2.18. The third-order valence-corrected chi connectivity index (χ3v) is 9.53. The third kappa shape index (κ3) is 8.10. The van der Waals surface area contributed by atoms with Crippen molar-refractivity contribution in [2.45, 2.75) is 26.2 Å². The first-order chi connectivity index (χ1) is 28.7. The maximum Gasteiger partial charge on any atom is 0.164 e. The van der Waals surface area contributed by atoms with Crippen LogP contribution in [0.25, 0.3) is 91.1 Å². The van der Waals surface area contributed by atoms with Crippen LogP contribution in [0.3, 0.4) is 0 Å². The molecule has 3 heterocycles. The number of hydrogen-bond acceptors (Lipinski definition) is 9. The minimum absolute atomic E-state index is 0.312. The second-order valence-electron chi connectivity index (χ2n) is 14.9. The van der Waals surface area contributed by atoms with Crippen molar-refractivity contribution in [1.29, 1.82) is 0 Å². The van der Waals surface area contributed by atoms with Gasteiger partial charge in [-0.1, -0.05) is 148 Å². The van der Waals surface area contributed by atoms with E-state index in [-0.39, 0.29) is 11.2 Å². The van der Waals surface area contributed by atoms with Gasteiger partial charge in [-0.05, 0) is 36.4 Å². The summed E-state index contributed by atoms with van der Waals surface area (Å²) in [6, 6.07) is 51.3. The minimum atomic E-state index is -0.338. The third-order valence-electron chi connectivity index (χ3n) is 9.53. The van der Waals surface area contributed by atoms with Gasteiger partial charge in [0.15, 0.2) is 46.6 Å². The smallest absolute Gasteiger partial charge is 0.164 e. The molecule has 9 nitrogen and oxygen atoms in total. The zero-order chi connectivity index (χ0) is 40.3. The Morgan fingerprint density at radius 3 is 0.864 bits per heavy atom. The van der Waals surface area contributed by atoms with Crippen LogP contribution in [0.5, 0.6) is 0 Å². The Balaban J connectivity index is 1.16. The second kappa shape index (κ2) is 15.7. The highest BCUT2D eigenvalue weighted by Crippen LogP contribution is 2.32. The summed E-state index contributed by atoms with van der Waals surface area (Å²) in [6.07, 6.45) is 0. The predicted molar refractivity (Wildman–Crippen MR) is 229 cm³/mol. The van der Waals surface area contributed by atoms with E-state index in [1.165, 1.54) is 12.1 Å². The molecule has 6 aromatic carbocycles. The Kier molecular flexibility index (Phi) is 9.80.